The summed E-state index contributed by atoms with van der Waals surface area (Å²) in [7, 11) is 0. The van der Waals surface area contributed by atoms with E-state index in [1.54, 1.807) is 0 Å². The van der Waals surface area contributed by atoms with Crippen LogP contribution >= 0.6 is 0 Å². The van der Waals surface area contributed by atoms with Crippen molar-refractivity contribution in [2.24, 2.45) is 0 Å². The van der Waals surface area contributed by atoms with Gasteiger partial charge in [0.2, 0.25) is 0 Å². The van der Waals surface area contributed by atoms with Crippen LogP contribution in [0.15, 0.2) is 106 Å². The van der Waals surface area contributed by atoms with Gasteiger partial charge in [0.25, 0.3) is 0 Å². The summed E-state index contributed by atoms with van der Waals surface area (Å²) in [5, 5.41) is 4.49. The van der Waals surface area contributed by atoms with Gasteiger partial charge in [0.05, 0.1) is 0 Å². The minimum atomic E-state index is 0.890. The Balaban J connectivity index is 1.52. The molecule has 4 aromatic carbocycles. The van der Waals surface area contributed by atoms with Gasteiger partial charge in [0.1, 0.15) is 22.7 Å². The Morgan fingerprint density at radius 2 is 0.821 bits per heavy atom. The van der Waals surface area contributed by atoms with E-state index in [-0.39, 0.29) is 0 Å². The summed E-state index contributed by atoms with van der Waals surface area (Å²) in [4.78, 5) is 0. The SMILES string of the molecule is c1ccc(-c2cc3cc4cc5oc(-c6ccccc6)cc5cc4cc3o2)cc1. The molecule has 2 heterocycles. The van der Waals surface area contributed by atoms with E-state index in [2.05, 4.69) is 60.7 Å². The second-order valence-electron chi connectivity index (χ2n) is 7.08. The molecule has 0 spiro atoms. The van der Waals surface area contributed by atoms with Gasteiger partial charge in [-0.2, -0.15) is 0 Å². The predicted octanol–water partition coefficient (Wildman–Crippen LogP) is 7.67. The molecule has 132 valence electrons. The van der Waals surface area contributed by atoms with Crippen molar-refractivity contribution in [2.75, 3.05) is 0 Å². The Bertz CT molecular complexity index is 1260. The monoisotopic (exact) mass is 360 g/mol. The summed E-state index contributed by atoms with van der Waals surface area (Å²) in [6, 6.07) is 33.2. The molecule has 0 N–H and O–H groups in total. The fourth-order valence-corrected chi connectivity index (χ4v) is 3.81. The van der Waals surface area contributed by atoms with Crippen molar-refractivity contribution in [3.63, 3.8) is 0 Å². The zero-order valence-corrected chi connectivity index (χ0v) is 15.1. The smallest absolute Gasteiger partial charge is 0.135 e. The number of rotatable bonds is 2. The van der Waals surface area contributed by atoms with Crippen LogP contribution in [-0.2, 0) is 0 Å². The van der Waals surface area contributed by atoms with E-state index < -0.39 is 0 Å². The molecule has 0 saturated carbocycles. The van der Waals surface area contributed by atoms with E-state index >= 15 is 0 Å². The summed E-state index contributed by atoms with van der Waals surface area (Å²) in [5.74, 6) is 1.78. The highest BCUT2D eigenvalue weighted by atomic mass is 16.3. The molecule has 0 fully saturated rings. The summed E-state index contributed by atoms with van der Waals surface area (Å²) in [5.41, 5.74) is 3.98. The third-order valence-electron chi connectivity index (χ3n) is 5.23. The predicted molar refractivity (Wildman–Crippen MR) is 114 cm³/mol. The molecule has 6 aromatic rings. The first kappa shape index (κ1) is 15.3. The molecule has 0 aliphatic rings. The van der Waals surface area contributed by atoms with E-state index in [0.717, 1.165) is 55.4 Å². The van der Waals surface area contributed by atoms with E-state index in [0.29, 0.717) is 0 Å². The van der Waals surface area contributed by atoms with Gasteiger partial charge < -0.3 is 8.83 Å². The first-order valence-electron chi connectivity index (χ1n) is 9.35. The van der Waals surface area contributed by atoms with E-state index in [1.807, 2.05) is 36.4 Å². The number of furan rings is 2. The second kappa shape index (κ2) is 5.86. The molecule has 0 amide bonds. The van der Waals surface area contributed by atoms with Crippen LogP contribution in [0.1, 0.15) is 0 Å². The molecule has 0 saturated heterocycles. The van der Waals surface area contributed by atoms with Gasteiger partial charge >= 0.3 is 0 Å². The molecule has 0 aliphatic heterocycles. The lowest BCUT2D eigenvalue weighted by Gasteiger charge is -1.98. The third kappa shape index (κ3) is 2.43. The molecule has 0 unspecified atom stereocenters. The van der Waals surface area contributed by atoms with Crippen LogP contribution in [0.3, 0.4) is 0 Å². The number of fused-ring (bicyclic) bond motifs is 3. The first-order valence-corrected chi connectivity index (χ1v) is 9.35. The maximum atomic E-state index is 6.13. The van der Waals surface area contributed by atoms with Crippen LogP contribution < -0.4 is 0 Å². The quantitative estimate of drug-likeness (QED) is 0.317. The lowest BCUT2D eigenvalue weighted by Crippen LogP contribution is -1.73. The fourth-order valence-electron chi connectivity index (χ4n) is 3.81. The summed E-state index contributed by atoms with van der Waals surface area (Å²) >= 11 is 0. The molecule has 2 heteroatoms. The number of hydrogen-bond acceptors (Lipinski definition) is 2. The zero-order valence-electron chi connectivity index (χ0n) is 15.1. The maximum Gasteiger partial charge on any atom is 0.135 e. The van der Waals surface area contributed by atoms with Crippen LogP contribution in [-0.4, -0.2) is 0 Å². The number of hydrogen-bond donors (Lipinski definition) is 0. The number of benzene rings is 4. The normalized spacial score (nSPS) is 11.6. The molecule has 0 atom stereocenters. The van der Waals surface area contributed by atoms with Crippen molar-refractivity contribution in [1.29, 1.82) is 0 Å². The van der Waals surface area contributed by atoms with Gasteiger partial charge in [0.15, 0.2) is 0 Å². The molecule has 28 heavy (non-hydrogen) atoms. The first-order chi connectivity index (χ1) is 13.8. The molecular formula is C26H16O2. The fraction of sp³-hybridized carbons (Fsp3) is 0. The molecule has 6 rings (SSSR count). The summed E-state index contributed by atoms with van der Waals surface area (Å²) in [6.45, 7) is 0. The Morgan fingerprint density at radius 1 is 0.393 bits per heavy atom. The van der Waals surface area contributed by atoms with Crippen molar-refractivity contribution in [3.05, 3.63) is 97.1 Å². The Labute approximate surface area is 161 Å². The van der Waals surface area contributed by atoms with E-state index in [1.165, 1.54) is 0 Å². The van der Waals surface area contributed by atoms with Crippen LogP contribution in [0.4, 0.5) is 0 Å². The zero-order chi connectivity index (χ0) is 18.5. The van der Waals surface area contributed by atoms with Crippen molar-refractivity contribution >= 4 is 32.7 Å². The minimum Gasteiger partial charge on any atom is -0.456 e. The van der Waals surface area contributed by atoms with E-state index in [9.17, 15) is 0 Å². The Kier molecular flexibility index (Phi) is 3.20. The van der Waals surface area contributed by atoms with Gasteiger partial charge in [-0.25, -0.2) is 0 Å². The van der Waals surface area contributed by atoms with E-state index in [4.69, 9.17) is 8.83 Å². The van der Waals surface area contributed by atoms with Crippen LogP contribution in [0.25, 0.3) is 55.4 Å². The average molecular weight is 360 g/mol. The van der Waals surface area contributed by atoms with Gasteiger partial charge in [0, 0.05) is 21.9 Å². The van der Waals surface area contributed by atoms with Gasteiger partial charge in [-0.3, -0.25) is 0 Å². The molecule has 0 radical (unpaired) electrons. The molecule has 2 aromatic heterocycles. The van der Waals surface area contributed by atoms with Crippen molar-refractivity contribution < 1.29 is 8.83 Å². The molecule has 2 nitrogen and oxygen atoms in total. The lowest BCUT2D eigenvalue weighted by atomic mass is 10.1. The largest absolute Gasteiger partial charge is 0.456 e. The van der Waals surface area contributed by atoms with Crippen LogP contribution in [0.5, 0.6) is 0 Å². The van der Waals surface area contributed by atoms with Gasteiger partial charge in [-0.05, 0) is 47.2 Å². The standard InChI is InChI=1S/C26H16O2/c1-3-7-17(8-4-1)23-15-21-11-19-14-26-22(12-20(19)13-25(21)27-23)16-24(28-26)18-9-5-2-6-10-18/h1-16H. The average Bonchev–Trinajstić information content (AvgIpc) is 3.35. The van der Waals surface area contributed by atoms with Crippen molar-refractivity contribution in [2.45, 2.75) is 0 Å². The molecule has 0 aliphatic carbocycles. The second-order valence-corrected chi connectivity index (χ2v) is 7.08. The van der Waals surface area contributed by atoms with Crippen LogP contribution in [0, 0.1) is 0 Å². The highest BCUT2D eigenvalue weighted by Crippen LogP contribution is 2.35. The summed E-state index contributed by atoms with van der Waals surface area (Å²) < 4.78 is 12.3. The van der Waals surface area contributed by atoms with Gasteiger partial charge in [-0.15, -0.1) is 0 Å². The van der Waals surface area contributed by atoms with Crippen molar-refractivity contribution in [1.82, 2.24) is 0 Å². The van der Waals surface area contributed by atoms with Crippen molar-refractivity contribution in [3.8, 4) is 22.6 Å². The van der Waals surface area contributed by atoms with Crippen LogP contribution in [0.2, 0.25) is 0 Å². The maximum absolute atomic E-state index is 6.13. The Morgan fingerprint density at radius 3 is 1.25 bits per heavy atom. The van der Waals surface area contributed by atoms with Gasteiger partial charge in [-0.1, -0.05) is 60.7 Å². The third-order valence-corrected chi connectivity index (χ3v) is 5.23. The lowest BCUT2D eigenvalue weighted by molar-refractivity contribution is 0.631. The highest BCUT2D eigenvalue weighted by molar-refractivity contribution is 6.03. The Hall–Kier alpha value is -3.78. The minimum absolute atomic E-state index is 0.890. The topological polar surface area (TPSA) is 26.3 Å². The highest BCUT2D eigenvalue weighted by Gasteiger charge is 2.11. The summed E-state index contributed by atoms with van der Waals surface area (Å²) in [6.07, 6.45) is 0. The molecular weight excluding hydrogens is 344 g/mol. The molecule has 0 bridgehead atoms.